The van der Waals surface area contributed by atoms with E-state index in [9.17, 15) is 9.90 Å². The van der Waals surface area contributed by atoms with Crippen LogP contribution in [-0.4, -0.2) is 32.1 Å². The lowest BCUT2D eigenvalue weighted by atomic mass is 10.0. The number of carboxylic acids is 1. The minimum atomic E-state index is -0.819. The first-order valence-corrected chi connectivity index (χ1v) is 8.07. The second-order valence-electron chi connectivity index (χ2n) is 5.87. The van der Waals surface area contributed by atoms with Crippen molar-refractivity contribution in [1.82, 2.24) is 9.78 Å². The van der Waals surface area contributed by atoms with Gasteiger partial charge >= 0.3 is 5.97 Å². The summed E-state index contributed by atoms with van der Waals surface area (Å²) in [4.78, 5) is 11.1. The molecule has 0 aliphatic heterocycles. The zero-order valence-electron chi connectivity index (χ0n) is 13.0. The molecule has 0 aromatic carbocycles. The number of aryl methyl sites for hydroxylation is 1. The number of aliphatic hydroxyl groups is 1. The zero-order valence-corrected chi connectivity index (χ0v) is 13.0. The highest BCUT2D eigenvalue weighted by atomic mass is 16.4. The van der Waals surface area contributed by atoms with E-state index in [0.717, 1.165) is 61.9 Å². The van der Waals surface area contributed by atoms with Gasteiger partial charge in [0.15, 0.2) is 0 Å². The van der Waals surface area contributed by atoms with Gasteiger partial charge in [-0.05, 0) is 25.7 Å². The summed E-state index contributed by atoms with van der Waals surface area (Å²) in [6.07, 6.45) is 6.16. The van der Waals surface area contributed by atoms with Crippen molar-refractivity contribution in [1.29, 1.82) is 0 Å². The van der Waals surface area contributed by atoms with E-state index in [0.29, 0.717) is 0 Å². The van der Waals surface area contributed by atoms with Crippen LogP contribution in [0.3, 0.4) is 0 Å². The maximum atomic E-state index is 11.1. The topological polar surface area (TPSA) is 75.3 Å². The van der Waals surface area contributed by atoms with E-state index < -0.39 is 5.97 Å². The highest BCUT2D eigenvalue weighted by Gasteiger charge is 2.28. The normalized spacial score (nSPS) is 23.0. The number of aromatic nitrogens is 2. The Bertz CT molecular complexity index is 496. The van der Waals surface area contributed by atoms with Crippen molar-refractivity contribution >= 4 is 5.97 Å². The third-order valence-electron chi connectivity index (χ3n) is 4.46. The van der Waals surface area contributed by atoms with Crippen molar-refractivity contribution in [2.75, 3.05) is 0 Å². The molecular weight excluding hydrogens is 268 g/mol. The van der Waals surface area contributed by atoms with Gasteiger partial charge in [-0.3, -0.25) is 9.48 Å². The Balaban J connectivity index is 2.42. The summed E-state index contributed by atoms with van der Waals surface area (Å²) < 4.78 is 1.94. The number of hydrogen-bond acceptors (Lipinski definition) is 3. The SMILES string of the molecule is CCc1nn(C2CCCCCC2O)c(CC)c1CC(=O)O. The monoisotopic (exact) mass is 294 g/mol. The van der Waals surface area contributed by atoms with Gasteiger partial charge in [0.25, 0.3) is 0 Å². The van der Waals surface area contributed by atoms with Crippen LogP contribution in [0, 0.1) is 0 Å². The molecular formula is C16H26N2O3. The maximum absolute atomic E-state index is 11.1. The lowest BCUT2D eigenvalue weighted by Gasteiger charge is -2.23. The molecule has 0 radical (unpaired) electrons. The lowest BCUT2D eigenvalue weighted by Crippen LogP contribution is -2.25. The highest BCUT2D eigenvalue weighted by molar-refractivity contribution is 5.71. The minimum absolute atomic E-state index is 0.00436. The Kier molecular flexibility index (Phi) is 5.39. The highest BCUT2D eigenvalue weighted by Crippen LogP contribution is 2.30. The molecule has 0 bridgehead atoms. The van der Waals surface area contributed by atoms with Crippen LogP contribution in [-0.2, 0) is 24.1 Å². The Hall–Kier alpha value is -1.36. The molecule has 0 spiro atoms. The van der Waals surface area contributed by atoms with Gasteiger partial charge < -0.3 is 10.2 Å². The Morgan fingerprint density at radius 3 is 2.57 bits per heavy atom. The van der Waals surface area contributed by atoms with Crippen molar-refractivity contribution in [3.05, 3.63) is 17.0 Å². The number of carbonyl (C=O) groups is 1. The molecule has 2 N–H and O–H groups in total. The molecule has 1 aromatic heterocycles. The van der Waals surface area contributed by atoms with Crippen molar-refractivity contribution < 1.29 is 15.0 Å². The third kappa shape index (κ3) is 3.46. The number of carboxylic acid groups (broad SMARTS) is 1. The van der Waals surface area contributed by atoms with E-state index in [1.54, 1.807) is 0 Å². The molecule has 0 saturated heterocycles. The molecule has 1 aromatic rings. The van der Waals surface area contributed by atoms with Gasteiger partial charge in [-0.25, -0.2) is 0 Å². The van der Waals surface area contributed by atoms with E-state index >= 15 is 0 Å². The number of hydrogen-bond donors (Lipinski definition) is 2. The number of nitrogens with zero attached hydrogens (tertiary/aromatic N) is 2. The Morgan fingerprint density at radius 1 is 1.24 bits per heavy atom. The smallest absolute Gasteiger partial charge is 0.307 e. The Morgan fingerprint density at radius 2 is 1.95 bits per heavy atom. The quantitative estimate of drug-likeness (QED) is 0.818. The summed E-state index contributed by atoms with van der Waals surface area (Å²) in [7, 11) is 0. The molecule has 0 amide bonds. The largest absolute Gasteiger partial charge is 0.481 e. The second kappa shape index (κ2) is 7.07. The van der Waals surface area contributed by atoms with E-state index in [-0.39, 0.29) is 18.6 Å². The molecule has 1 fully saturated rings. The molecule has 5 heteroatoms. The Labute approximate surface area is 126 Å². The van der Waals surface area contributed by atoms with Crippen molar-refractivity contribution in [3.63, 3.8) is 0 Å². The molecule has 118 valence electrons. The molecule has 1 aliphatic carbocycles. The number of aliphatic hydroxyl groups excluding tert-OH is 1. The fourth-order valence-corrected chi connectivity index (χ4v) is 3.40. The molecule has 1 saturated carbocycles. The summed E-state index contributed by atoms with van der Waals surface area (Å²) in [5, 5.41) is 24.2. The average Bonchev–Trinajstić information content (AvgIpc) is 2.63. The van der Waals surface area contributed by atoms with Crippen LogP contribution >= 0.6 is 0 Å². The molecule has 1 heterocycles. The predicted octanol–water partition coefficient (Wildman–Crippen LogP) is 2.50. The molecule has 2 atom stereocenters. The van der Waals surface area contributed by atoms with Crippen LogP contribution in [0.1, 0.15) is 68.9 Å². The van der Waals surface area contributed by atoms with Gasteiger partial charge in [0.05, 0.1) is 24.3 Å². The van der Waals surface area contributed by atoms with Gasteiger partial charge in [-0.1, -0.05) is 33.1 Å². The van der Waals surface area contributed by atoms with Gasteiger partial charge in [-0.2, -0.15) is 5.10 Å². The maximum Gasteiger partial charge on any atom is 0.307 e. The van der Waals surface area contributed by atoms with Crippen LogP contribution in [0.4, 0.5) is 0 Å². The predicted molar refractivity (Wildman–Crippen MR) is 80.5 cm³/mol. The van der Waals surface area contributed by atoms with Gasteiger partial charge in [0, 0.05) is 11.3 Å². The van der Waals surface area contributed by atoms with Crippen LogP contribution in [0.15, 0.2) is 0 Å². The van der Waals surface area contributed by atoms with Gasteiger partial charge in [-0.15, -0.1) is 0 Å². The fraction of sp³-hybridized carbons (Fsp3) is 0.750. The molecule has 2 unspecified atom stereocenters. The van der Waals surface area contributed by atoms with Crippen molar-refractivity contribution in [2.45, 2.75) is 77.4 Å². The lowest BCUT2D eigenvalue weighted by molar-refractivity contribution is -0.136. The first-order chi connectivity index (χ1) is 10.1. The van der Waals surface area contributed by atoms with E-state index in [2.05, 4.69) is 5.10 Å². The molecule has 2 rings (SSSR count). The number of rotatable bonds is 5. The number of aliphatic carboxylic acids is 1. The van der Waals surface area contributed by atoms with Crippen LogP contribution in [0.5, 0.6) is 0 Å². The van der Waals surface area contributed by atoms with E-state index in [1.807, 2.05) is 18.5 Å². The van der Waals surface area contributed by atoms with Crippen LogP contribution < -0.4 is 0 Å². The van der Waals surface area contributed by atoms with Gasteiger partial charge in [0.2, 0.25) is 0 Å². The molecule has 1 aliphatic rings. The van der Waals surface area contributed by atoms with Crippen LogP contribution in [0.25, 0.3) is 0 Å². The molecule has 21 heavy (non-hydrogen) atoms. The van der Waals surface area contributed by atoms with Crippen molar-refractivity contribution in [2.24, 2.45) is 0 Å². The third-order valence-corrected chi connectivity index (χ3v) is 4.46. The average molecular weight is 294 g/mol. The van der Waals surface area contributed by atoms with Crippen molar-refractivity contribution in [3.8, 4) is 0 Å². The minimum Gasteiger partial charge on any atom is -0.481 e. The van der Waals surface area contributed by atoms with Gasteiger partial charge in [0.1, 0.15) is 0 Å². The van der Waals surface area contributed by atoms with E-state index in [1.165, 1.54) is 0 Å². The summed E-state index contributed by atoms with van der Waals surface area (Å²) in [6, 6.07) is -0.00436. The first kappa shape index (κ1) is 16.0. The summed E-state index contributed by atoms with van der Waals surface area (Å²) in [5.74, 6) is -0.819. The summed E-state index contributed by atoms with van der Waals surface area (Å²) >= 11 is 0. The second-order valence-corrected chi connectivity index (χ2v) is 5.87. The summed E-state index contributed by atoms with van der Waals surface area (Å²) in [5.41, 5.74) is 2.70. The summed E-state index contributed by atoms with van der Waals surface area (Å²) in [6.45, 7) is 4.03. The fourth-order valence-electron chi connectivity index (χ4n) is 3.40. The van der Waals surface area contributed by atoms with E-state index in [4.69, 9.17) is 5.11 Å². The zero-order chi connectivity index (χ0) is 15.4. The molecule has 5 nitrogen and oxygen atoms in total. The first-order valence-electron chi connectivity index (χ1n) is 8.07. The standard InChI is InChI=1S/C16H26N2O3/c1-3-12-11(10-16(20)21)13(4-2)18(17-12)14-8-6-5-7-9-15(14)19/h14-15,19H,3-10H2,1-2H3,(H,20,21). The van der Waals surface area contributed by atoms with Crippen LogP contribution in [0.2, 0.25) is 0 Å².